The molecule has 2 saturated heterocycles. The maximum absolute atomic E-state index is 14.3. The van der Waals surface area contributed by atoms with Crippen LogP contribution >= 0.6 is 0 Å². The van der Waals surface area contributed by atoms with Crippen molar-refractivity contribution in [2.75, 3.05) is 38.1 Å². The van der Waals surface area contributed by atoms with Crippen molar-refractivity contribution in [1.82, 2.24) is 10.2 Å². The number of nitrogens with one attached hydrogen (secondary N) is 1. The molecule has 0 aliphatic carbocycles. The Labute approximate surface area is 120 Å². The summed E-state index contributed by atoms with van der Waals surface area (Å²) in [6, 6.07) is 6.03. The average Bonchev–Trinajstić information content (AvgIpc) is 2.47. The second-order valence-corrected chi connectivity index (χ2v) is 5.91. The van der Waals surface area contributed by atoms with Crippen LogP contribution in [0.5, 0.6) is 0 Å². The van der Waals surface area contributed by atoms with Gasteiger partial charge in [0.05, 0.1) is 5.69 Å². The van der Waals surface area contributed by atoms with Gasteiger partial charge in [0.2, 0.25) is 0 Å². The molecule has 0 spiro atoms. The van der Waals surface area contributed by atoms with Crippen LogP contribution in [0.4, 0.5) is 10.1 Å². The molecule has 2 heterocycles. The van der Waals surface area contributed by atoms with Crippen molar-refractivity contribution in [3.8, 4) is 0 Å². The highest BCUT2D eigenvalue weighted by molar-refractivity contribution is 5.55. The van der Waals surface area contributed by atoms with E-state index in [2.05, 4.69) is 15.1 Å². The summed E-state index contributed by atoms with van der Waals surface area (Å²) in [5.41, 5.74) is 1.88. The number of halogens is 1. The van der Waals surface area contributed by atoms with Crippen LogP contribution in [0, 0.1) is 5.82 Å². The highest BCUT2D eigenvalue weighted by atomic mass is 19.1. The summed E-state index contributed by atoms with van der Waals surface area (Å²) in [6.07, 6.45) is 3.89. The summed E-state index contributed by atoms with van der Waals surface area (Å²) in [7, 11) is 1.91. The summed E-state index contributed by atoms with van der Waals surface area (Å²) in [4.78, 5) is 4.84. The number of hydrogen-bond donors (Lipinski definition) is 1. The van der Waals surface area contributed by atoms with Gasteiger partial charge in [-0.15, -0.1) is 0 Å². The zero-order chi connectivity index (χ0) is 13.9. The number of piperazine rings is 1. The molecule has 1 N–H and O–H groups in total. The molecule has 0 saturated carbocycles. The minimum atomic E-state index is -0.0815. The van der Waals surface area contributed by atoms with Crippen molar-refractivity contribution in [2.45, 2.75) is 31.8 Å². The van der Waals surface area contributed by atoms with Gasteiger partial charge in [0.1, 0.15) is 5.82 Å². The number of rotatable bonds is 3. The third-order valence-corrected chi connectivity index (χ3v) is 4.59. The van der Waals surface area contributed by atoms with E-state index in [1.165, 1.54) is 25.8 Å². The number of fused-ring (bicyclic) bond motifs is 1. The van der Waals surface area contributed by atoms with Crippen LogP contribution in [0.3, 0.4) is 0 Å². The molecule has 2 aliphatic rings. The first-order valence-corrected chi connectivity index (χ1v) is 7.70. The molecule has 1 aromatic carbocycles. The largest absolute Gasteiger partial charge is 0.366 e. The molecule has 110 valence electrons. The average molecular weight is 277 g/mol. The predicted molar refractivity (Wildman–Crippen MR) is 80.6 cm³/mol. The lowest BCUT2D eigenvalue weighted by Gasteiger charge is -2.45. The molecule has 20 heavy (non-hydrogen) atoms. The molecule has 0 bridgehead atoms. The van der Waals surface area contributed by atoms with Crippen LogP contribution in [0.1, 0.15) is 24.8 Å². The maximum atomic E-state index is 14.3. The van der Waals surface area contributed by atoms with Gasteiger partial charge in [-0.1, -0.05) is 18.6 Å². The number of hydrogen-bond acceptors (Lipinski definition) is 3. The van der Waals surface area contributed by atoms with Gasteiger partial charge in [0, 0.05) is 32.2 Å². The smallest absolute Gasteiger partial charge is 0.146 e. The SMILES string of the molecule is CNCc1cccc(F)c1N1CCN2CCCCC2C1. The summed E-state index contributed by atoms with van der Waals surface area (Å²) in [6.45, 7) is 4.92. The van der Waals surface area contributed by atoms with Crippen molar-refractivity contribution < 1.29 is 4.39 Å². The molecule has 1 aromatic rings. The summed E-state index contributed by atoms with van der Waals surface area (Å²) >= 11 is 0. The van der Waals surface area contributed by atoms with E-state index in [-0.39, 0.29) is 5.82 Å². The lowest BCUT2D eigenvalue weighted by Crippen LogP contribution is -2.55. The number of para-hydroxylation sites is 1. The Morgan fingerprint density at radius 2 is 2.15 bits per heavy atom. The zero-order valence-corrected chi connectivity index (χ0v) is 12.2. The van der Waals surface area contributed by atoms with Crippen molar-refractivity contribution >= 4 is 5.69 Å². The highest BCUT2D eigenvalue weighted by Crippen LogP contribution is 2.29. The van der Waals surface area contributed by atoms with Crippen molar-refractivity contribution in [3.05, 3.63) is 29.6 Å². The molecule has 1 atom stereocenters. The van der Waals surface area contributed by atoms with E-state index in [9.17, 15) is 4.39 Å². The fraction of sp³-hybridized carbons (Fsp3) is 0.625. The summed E-state index contributed by atoms with van der Waals surface area (Å²) in [5.74, 6) is -0.0815. The molecule has 2 fully saturated rings. The molecule has 3 rings (SSSR count). The van der Waals surface area contributed by atoms with Gasteiger partial charge in [-0.2, -0.15) is 0 Å². The van der Waals surface area contributed by atoms with Gasteiger partial charge in [0.15, 0.2) is 0 Å². The molecule has 3 nitrogen and oxygen atoms in total. The fourth-order valence-electron chi connectivity index (χ4n) is 3.61. The molecular weight excluding hydrogens is 253 g/mol. The number of anilines is 1. The van der Waals surface area contributed by atoms with Gasteiger partial charge in [-0.3, -0.25) is 4.90 Å². The van der Waals surface area contributed by atoms with Crippen LogP contribution in [0.25, 0.3) is 0 Å². The summed E-state index contributed by atoms with van der Waals surface area (Å²) < 4.78 is 14.3. The number of benzene rings is 1. The van der Waals surface area contributed by atoms with E-state index < -0.39 is 0 Å². The van der Waals surface area contributed by atoms with E-state index in [1.807, 2.05) is 19.2 Å². The second-order valence-electron chi connectivity index (χ2n) is 5.91. The van der Waals surface area contributed by atoms with Crippen LogP contribution in [-0.4, -0.2) is 44.2 Å². The van der Waals surface area contributed by atoms with Gasteiger partial charge in [-0.05, 0) is 38.1 Å². The first-order chi connectivity index (χ1) is 9.79. The maximum Gasteiger partial charge on any atom is 0.146 e. The first kappa shape index (κ1) is 13.8. The van der Waals surface area contributed by atoms with E-state index in [0.717, 1.165) is 37.4 Å². The Morgan fingerprint density at radius 1 is 1.25 bits per heavy atom. The van der Waals surface area contributed by atoms with E-state index in [4.69, 9.17) is 0 Å². The predicted octanol–water partition coefficient (Wildman–Crippen LogP) is 2.22. The first-order valence-electron chi connectivity index (χ1n) is 7.70. The van der Waals surface area contributed by atoms with Gasteiger partial charge >= 0.3 is 0 Å². The van der Waals surface area contributed by atoms with Gasteiger partial charge < -0.3 is 10.2 Å². The van der Waals surface area contributed by atoms with Crippen LogP contribution < -0.4 is 10.2 Å². The quantitative estimate of drug-likeness (QED) is 0.914. The van der Waals surface area contributed by atoms with Crippen LogP contribution in [0.15, 0.2) is 18.2 Å². The molecule has 1 unspecified atom stereocenters. The Hall–Kier alpha value is -1.13. The lowest BCUT2D eigenvalue weighted by molar-refractivity contribution is 0.133. The minimum Gasteiger partial charge on any atom is -0.366 e. The molecule has 2 aliphatic heterocycles. The number of nitrogens with zero attached hydrogens (tertiary/aromatic N) is 2. The fourth-order valence-corrected chi connectivity index (χ4v) is 3.61. The van der Waals surface area contributed by atoms with Crippen LogP contribution in [-0.2, 0) is 6.54 Å². The summed E-state index contributed by atoms with van der Waals surface area (Å²) in [5, 5.41) is 3.14. The molecular formula is C16H24FN3. The Morgan fingerprint density at radius 3 is 3.00 bits per heavy atom. The Balaban J connectivity index is 1.82. The van der Waals surface area contributed by atoms with Crippen molar-refractivity contribution in [3.63, 3.8) is 0 Å². The van der Waals surface area contributed by atoms with Crippen molar-refractivity contribution in [2.24, 2.45) is 0 Å². The molecule has 0 aromatic heterocycles. The Bertz CT molecular complexity index is 463. The Kier molecular flexibility index (Phi) is 4.22. The third-order valence-electron chi connectivity index (χ3n) is 4.59. The highest BCUT2D eigenvalue weighted by Gasteiger charge is 2.30. The normalized spacial score (nSPS) is 23.7. The van der Waals surface area contributed by atoms with E-state index in [1.54, 1.807) is 6.07 Å². The third kappa shape index (κ3) is 2.67. The molecule has 4 heteroatoms. The van der Waals surface area contributed by atoms with E-state index in [0.29, 0.717) is 6.04 Å². The van der Waals surface area contributed by atoms with Crippen molar-refractivity contribution in [1.29, 1.82) is 0 Å². The molecule has 0 amide bonds. The standard InChI is InChI=1S/C16H24FN3/c1-18-11-13-5-4-7-15(17)16(13)20-10-9-19-8-3-2-6-14(19)12-20/h4-5,7,14,18H,2-3,6,8-12H2,1H3. The lowest BCUT2D eigenvalue weighted by atomic mass is 9.98. The van der Waals surface area contributed by atoms with Crippen LogP contribution in [0.2, 0.25) is 0 Å². The van der Waals surface area contributed by atoms with Gasteiger partial charge in [0.25, 0.3) is 0 Å². The minimum absolute atomic E-state index is 0.0815. The topological polar surface area (TPSA) is 18.5 Å². The second kappa shape index (κ2) is 6.10. The monoisotopic (exact) mass is 277 g/mol. The van der Waals surface area contributed by atoms with Gasteiger partial charge in [-0.25, -0.2) is 4.39 Å². The zero-order valence-electron chi connectivity index (χ0n) is 12.2. The number of piperidine rings is 1. The van der Waals surface area contributed by atoms with E-state index >= 15 is 0 Å². The molecule has 0 radical (unpaired) electrons.